The van der Waals surface area contributed by atoms with E-state index >= 15 is 0 Å². The van der Waals surface area contributed by atoms with Crippen molar-refractivity contribution in [3.05, 3.63) is 29.6 Å². The summed E-state index contributed by atoms with van der Waals surface area (Å²) in [5.41, 5.74) is 6.61. The van der Waals surface area contributed by atoms with Crippen LogP contribution in [0, 0.1) is 6.92 Å². The monoisotopic (exact) mass is 204 g/mol. The number of aromatic nitrogens is 1. The van der Waals surface area contributed by atoms with Crippen molar-refractivity contribution in [2.45, 2.75) is 25.6 Å². The van der Waals surface area contributed by atoms with E-state index in [9.17, 15) is 13.2 Å². The molecule has 0 aromatic carbocycles. The summed E-state index contributed by atoms with van der Waals surface area (Å²) < 4.78 is 36.0. The highest BCUT2D eigenvalue weighted by molar-refractivity contribution is 5.19. The van der Waals surface area contributed by atoms with Gasteiger partial charge in [0.05, 0.1) is 6.42 Å². The summed E-state index contributed by atoms with van der Waals surface area (Å²) in [6.07, 6.45) is -2.31. The van der Waals surface area contributed by atoms with Crippen LogP contribution in [-0.2, 0) is 0 Å². The third-order valence-corrected chi connectivity index (χ3v) is 1.78. The van der Waals surface area contributed by atoms with Crippen LogP contribution in [0.25, 0.3) is 0 Å². The summed E-state index contributed by atoms with van der Waals surface area (Å²) >= 11 is 0. The molecule has 0 spiro atoms. The third-order valence-electron chi connectivity index (χ3n) is 1.78. The average molecular weight is 204 g/mol. The molecule has 0 fully saturated rings. The number of halogens is 3. The van der Waals surface area contributed by atoms with E-state index < -0.39 is 18.6 Å². The Hall–Kier alpha value is -1.10. The van der Waals surface area contributed by atoms with Gasteiger partial charge in [0.1, 0.15) is 0 Å². The fourth-order valence-corrected chi connectivity index (χ4v) is 1.15. The SMILES string of the molecule is Cc1cncc(C(N)CC(F)(F)F)c1. The zero-order valence-corrected chi connectivity index (χ0v) is 7.67. The van der Waals surface area contributed by atoms with E-state index in [4.69, 9.17) is 5.73 Å². The van der Waals surface area contributed by atoms with Gasteiger partial charge in [-0.05, 0) is 18.1 Å². The molecule has 0 aliphatic carbocycles. The summed E-state index contributed by atoms with van der Waals surface area (Å²) in [5, 5.41) is 0. The Labute approximate surface area is 79.9 Å². The highest BCUT2D eigenvalue weighted by Crippen LogP contribution is 2.27. The van der Waals surface area contributed by atoms with Gasteiger partial charge in [0.2, 0.25) is 0 Å². The molecule has 0 aliphatic heterocycles. The molecular formula is C9H11F3N2. The van der Waals surface area contributed by atoms with Gasteiger partial charge in [0, 0.05) is 18.4 Å². The first kappa shape index (κ1) is 11.0. The second kappa shape index (κ2) is 3.96. The van der Waals surface area contributed by atoms with E-state index in [1.165, 1.54) is 6.20 Å². The van der Waals surface area contributed by atoms with Gasteiger partial charge in [-0.1, -0.05) is 6.07 Å². The van der Waals surface area contributed by atoms with Gasteiger partial charge in [-0.3, -0.25) is 4.98 Å². The molecule has 0 radical (unpaired) electrons. The topological polar surface area (TPSA) is 38.9 Å². The van der Waals surface area contributed by atoms with Crippen molar-refractivity contribution in [3.8, 4) is 0 Å². The van der Waals surface area contributed by atoms with Crippen LogP contribution in [0.5, 0.6) is 0 Å². The maximum atomic E-state index is 12.0. The van der Waals surface area contributed by atoms with Gasteiger partial charge in [0.15, 0.2) is 0 Å². The number of hydrogen-bond donors (Lipinski definition) is 1. The minimum Gasteiger partial charge on any atom is -0.324 e. The van der Waals surface area contributed by atoms with Crippen molar-refractivity contribution in [3.63, 3.8) is 0 Å². The first-order chi connectivity index (χ1) is 6.38. The second-order valence-corrected chi connectivity index (χ2v) is 3.22. The predicted molar refractivity (Wildman–Crippen MR) is 46.6 cm³/mol. The molecule has 1 unspecified atom stereocenters. The molecule has 1 atom stereocenters. The van der Waals surface area contributed by atoms with Crippen molar-refractivity contribution >= 4 is 0 Å². The average Bonchev–Trinajstić information content (AvgIpc) is 2.01. The quantitative estimate of drug-likeness (QED) is 0.803. The standard InChI is InChI=1S/C9H11F3N2/c1-6-2-7(5-14-4-6)8(13)3-9(10,11)12/h2,4-5,8H,3,13H2,1H3. The summed E-state index contributed by atoms with van der Waals surface area (Å²) in [4.78, 5) is 3.79. The predicted octanol–water partition coefficient (Wildman–Crippen LogP) is 2.34. The Morgan fingerprint density at radius 3 is 2.57 bits per heavy atom. The lowest BCUT2D eigenvalue weighted by atomic mass is 10.1. The molecule has 0 saturated carbocycles. The molecule has 1 aromatic rings. The van der Waals surface area contributed by atoms with Crippen molar-refractivity contribution in [1.29, 1.82) is 0 Å². The molecule has 14 heavy (non-hydrogen) atoms. The maximum Gasteiger partial charge on any atom is 0.390 e. The molecule has 2 nitrogen and oxygen atoms in total. The molecule has 0 bridgehead atoms. The van der Waals surface area contributed by atoms with Crippen LogP contribution in [0.3, 0.4) is 0 Å². The molecule has 1 heterocycles. The van der Waals surface area contributed by atoms with Crippen LogP contribution >= 0.6 is 0 Å². The Morgan fingerprint density at radius 2 is 2.07 bits per heavy atom. The van der Waals surface area contributed by atoms with Gasteiger partial charge in [-0.2, -0.15) is 13.2 Å². The fraction of sp³-hybridized carbons (Fsp3) is 0.444. The number of rotatable bonds is 2. The molecule has 2 N–H and O–H groups in total. The summed E-state index contributed by atoms with van der Waals surface area (Å²) in [6, 6.07) is 0.589. The van der Waals surface area contributed by atoms with Gasteiger partial charge in [-0.15, -0.1) is 0 Å². The molecule has 0 saturated heterocycles. The molecular weight excluding hydrogens is 193 g/mol. The molecule has 78 valence electrons. The number of nitrogens with zero attached hydrogens (tertiary/aromatic N) is 1. The van der Waals surface area contributed by atoms with Crippen LogP contribution in [0.15, 0.2) is 18.5 Å². The third kappa shape index (κ3) is 3.33. The summed E-state index contributed by atoms with van der Waals surface area (Å²) in [5.74, 6) is 0. The molecule has 0 aliphatic rings. The zero-order chi connectivity index (χ0) is 10.8. The van der Waals surface area contributed by atoms with Crippen LogP contribution in [0.4, 0.5) is 13.2 Å². The smallest absolute Gasteiger partial charge is 0.324 e. The normalized spacial score (nSPS) is 14.1. The van der Waals surface area contributed by atoms with Crippen molar-refractivity contribution < 1.29 is 13.2 Å². The number of pyridine rings is 1. The molecule has 1 rings (SSSR count). The Morgan fingerprint density at radius 1 is 1.43 bits per heavy atom. The van der Waals surface area contributed by atoms with Crippen LogP contribution in [-0.4, -0.2) is 11.2 Å². The summed E-state index contributed by atoms with van der Waals surface area (Å²) in [7, 11) is 0. The lowest BCUT2D eigenvalue weighted by Crippen LogP contribution is -2.20. The van der Waals surface area contributed by atoms with Gasteiger partial charge >= 0.3 is 6.18 Å². The number of nitrogens with two attached hydrogens (primary N) is 1. The Bertz CT molecular complexity index is 309. The van der Waals surface area contributed by atoms with E-state index in [1.807, 2.05) is 0 Å². The van der Waals surface area contributed by atoms with Gasteiger partial charge in [0.25, 0.3) is 0 Å². The number of alkyl halides is 3. The zero-order valence-electron chi connectivity index (χ0n) is 7.67. The van der Waals surface area contributed by atoms with Crippen LogP contribution < -0.4 is 5.73 Å². The van der Waals surface area contributed by atoms with E-state index in [-0.39, 0.29) is 0 Å². The maximum absolute atomic E-state index is 12.0. The Balaban J connectivity index is 2.74. The molecule has 5 heteroatoms. The first-order valence-electron chi connectivity index (χ1n) is 4.12. The van der Waals surface area contributed by atoms with Gasteiger partial charge < -0.3 is 5.73 Å². The van der Waals surface area contributed by atoms with E-state index in [1.54, 1.807) is 19.2 Å². The number of aryl methyl sites for hydroxylation is 1. The Kier molecular flexibility index (Phi) is 3.10. The highest BCUT2D eigenvalue weighted by Gasteiger charge is 2.30. The van der Waals surface area contributed by atoms with Crippen LogP contribution in [0.2, 0.25) is 0 Å². The van der Waals surface area contributed by atoms with E-state index in [0.717, 1.165) is 5.56 Å². The van der Waals surface area contributed by atoms with E-state index in [2.05, 4.69) is 4.98 Å². The van der Waals surface area contributed by atoms with Crippen LogP contribution in [0.1, 0.15) is 23.6 Å². The highest BCUT2D eigenvalue weighted by atomic mass is 19.4. The van der Waals surface area contributed by atoms with Crippen molar-refractivity contribution in [1.82, 2.24) is 4.98 Å². The molecule has 1 aromatic heterocycles. The molecule has 0 amide bonds. The van der Waals surface area contributed by atoms with Crippen molar-refractivity contribution in [2.24, 2.45) is 5.73 Å². The second-order valence-electron chi connectivity index (χ2n) is 3.22. The first-order valence-corrected chi connectivity index (χ1v) is 4.12. The minimum atomic E-state index is -4.23. The largest absolute Gasteiger partial charge is 0.390 e. The lowest BCUT2D eigenvalue weighted by Gasteiger charge is -2.14. The fourth-order valence-electron chi connectivity index (χ4n) is 1.15. The number of hydrogen-bond acceptors (Lipinski definition) is 2. The van der Waals surface area contributed by atoms with E-state index in [0.29, 0.717) is 5.56 Å². The summed E-state index contributed by atoms with van der Waals surface area (Å²) in [6.45, 7) is 1.76. The lowest BCUT2D eigenvalue weighted by molar-refractivity contribution is -0.138. The minimum absolute atomic E-state index is 0.419. The van der Waals surface area contributed by atoms with Gasteiger partial charge in [-0.25, -0.2) is 0 Å². The van der Waals surface area contributed by atoms with Crippen molar-refractivity contribution in [2.75, 3.05) is 0 Å².